The predicted molar refractivity (Wildman–Crippen MR) is 109 cm³/mol. The number of aliphatic imine (C=N–C) groups is 1. The molecular weight excluding hydrogens is 361 g/mol. The highest BCUT2D eigenvalue weighted by Gasteiger charge is 2.30. The van der Waals surface area contributed by atoms with Crippen LogP contribution in [0.2, 0.25) is 0 Å². The van der Waals surface area contributed by atoms with Gasteiger partial charge in [-0.05, 0) is 37.0 Å². The van der Waals surface area contributed by atoms with Gasteiger partial charge in [0.2, 0.25) is 5.43 Å². The van der Waals surface area contributed by atoms with Gasteiger partial charge in [0.05, 0.1) is 11.6 Å². The molecule has 1 atom stereocenters. The number of nitrogens with zero attached hydrogens (tertiary/aromatic N) is 3. The molecule has 150 valence electrons. The summed E-state index contributed by atoms with van der Waals surface area (Å²) >= 11 is 0. The van der Waals surface area contributed by atoms with Gasteiger partial charge in [-0.25, -0.2) is 9.18 Å². The van der Waals surface area contributed by atoms with Gasteiger partial charge in [0.25, 0.3) is 0 Å². The lowest BCUT2D eigenvalue weighted by Crippen LogP contribution is -2.31. The van der Waals surface area contributed by atoms with Gasteiger partial charge in [-0.15, -0.1) is 0 Å². The number of anilines is 1. The molecule has 6 nitrogen and oxygen atoms in total. The Morgan fingerprint density at radius 2 is 2.11 bits per heavy atom. The number of aromatic carboxylic acids is 1. The molecule has 0 amide bonds. The molecule has 1 aliphatic rings. The van der Waals surface area contributed by atoms with Crippen molar-refractivity contribution in [1.82, 2.24) is 4.57 Å². The Kier molecular flexibility index (Phi) is 5.28. The zero-order chi connectivity index (χ0) is 20.6. The molecule has 2 heterocycles. The van der Waals surface area contributed by atoms with E-state index in [-0.39, 0.29) is 22.4 Å². The highest BCUT2D eigenvalue weighted by Crippen LogP contribution is 2.29. The standard InChI is InChI=1S/C21H26FN3O3/c1-5-25-16-7-6-13(22)10-15(16)18(26)17(20(27)28)19(25)24-9-8-14(11-24)23-12-21(2,3)4/h6-7,10,12,14H,5,8-9,11H2,1-4H3,(H,27,28). The topological polar surface area (TPSA) is 74.9 Å². The van der Waals surface area contributed by atoms with E-state index in [0.717, 1.165) is 12.5 Å². The minimum Gasteiger partial charge on any atom is -0.477 e. The van der Waals surface area contributed by atoms with Crippen LogP contribution in [0.3, 0.4) is 0 Å². The number of carboxylic acid groups (broad SMARTS) is 1. The Morgan fingerprint density at radius 1 is 1.39 bits per heavy atom. The summed E-state index contributed by atoms with van der Waals surface area (Å²) in [6, 6.07) is 3.99. The molecular formula is C21H26FN3O3. The highest BCUT2D eigenvalue weighted by molar-refractivity contribution is 5.98. The van der Waals surface area contributed by atoms with E-state index in [9.17, 15) is 19.1 Å². The molecule has 0 saturated carbocycles. The number of hydrogen-bond donors (Lipinski definition) is 1. The second kappa shape index (κ2) is 7.37. The van der Waals surface area contributed by atoms with Crippen molar-refractivity contribution in [3.8, 4) is 0 Å². The molecule has 1 aliphatic heterocycles. The van der Waals surface area contributed by atoms with Crippen LogP contribution in [-0.2, 0) is 6.54 Å². The summed E-state index contributed by atoms with van der Waals surface area (Å²) in [5.74, 6) is -1.48. The number of pyridine rings is 1. The molecule has 3 rings (SSSR count). The number of rotatable bonds is 4. The van der Waals surface area contributed by atoms with Crippen LogP contribution in [0.5, 0.6) is 0 Å². The molecule has 2 aromatic rings. The van der Waals surface area contributed by atoms with E-state index in [0.29, 0.717) is 31.0 Å². The first-order valence-electron chi connectivity index (χ1n) is 9.51. The van der Waals surface area contributed by atoms with E-state index < -0.39 is 17.2 Å². The Morgan fingerprint density at radius 3 is 2.71 bits per heavy atom. The van der Waals surface area contributed by atoms with Crippen molar-refractivity contribution in [1.29, 1.82) is 0 Å². The molecule has 1 aromatic carbocycles. The number of aryl methyl sites for hydroxylation is 1. The Balaban J connectivity index is 2.14. The molecule has 1 saturated heterocycles. The number of halogens is 1. The summed E-state index contributed by atoms with van der Waals surface area (Å²) in [5, 5.41) is 9.86. The largest absolute Gasteiger partial charge is 0.477 e. The number of benzene rings is 1. The minimum atomic E-state index is -1.30. The summed E-state index contributed by atoms with van der Waals surface area (Å²) < 4.78 is 15.5. The zero-order valence-corrected chi connectivity index (χ0v) is 16.7. The first-order chi connectivity index (χ1) is 13.1. The first-order valence-corrected chi connectivity index (χ1v) is 9.51. The molecule has 1 fully saturated rings. The molecule has 0 radical (unpaired) electrons. The van der Waals surface area contributed by atoms with Crippen LogP contribution in [0.25, 0.3) is 10.9 Å². The third-order valence-corrected chi connectivity index (χ3v) is 4.87. The molecule has 28 heavy (non-hydrogen) atoms. The van der Waals surface area contributed by atoms with Crippen molar-refractivity contribution in [2.24, 2.45) is 10.4 Å². The fraction of sp³-hybridized carbons (Fsp3) is 0.476. The lowest BCUT2D eigenvalue weighted by atomic mass is 9.99. The number of hydrogen-bond acceptors (Lipinski definition) is 4. The normalized spacial score (nSPS) is 17.8. The van der Waals surface area contributed by atoms with Crippen molar-refractivity contribution >= 4 is 28.9 Å². The third kappa shape index (κ3) is 3.79. The van der Waals surface area contributed by atoms with E-state index in [4.69, 9.17) is 0 Å². The summed E-state index contributed by atoms with van der Waals surface area (Å²) in [6.45, 7) is 9.71. The Hall–Kier alpha value is -2.70. The zero-order valence-electron chi connectivity index (χ0n) is 16.7. The van der Waals surface area contributed by atoms with Crippen LogP contribution < -0.4 is 10.3 Å². The molecule has 7 heteroatoms. The summed E-state index contributed by atoms with van der Waals surface area (Å²) in [6.07, 6.45) is 2.71. The van der Waals surface area contributed by atoms with E-state index in [1.54, 1.807) is 4.57 Å². The number of carboxylic acids is 1. The maximum Gasteiger partial charge on any atom is 0.343 e. The molecule has 0 spiro atoms. The maximum absolute atomic E-state index is 13.7. The smallest absolute Gasteiger partial charge is 0.343 e. The lowest BCUT2D eigenvalue weighted by molar-refractivity contribution is 0.0695. The van der Waals surface area contributed by atoms with Gasteiger partial charge in [0, 0.05) is 31.2 Å². The third-order valence-electron chi connectivity index (χ3n) is 4.87. The predicted octanol–water partition coefficient (Wildman–Crippen LogP) is 3.55. The van der Waals surface area contributed by atoms with Gasteiger partial charge in [-0.2, -0.15) is 0 Å². The Bertz CT molecular complexity index is 1000. The van der Waals surface area contributed by atoms with E-state index in [1.807, 2.05) is 18.0 Å². The van der Waals surface area contributed by atoms with E-state index in [1.165, 1.54) is 12.1 Å². The van der Waals surface area contributed by atoms with Gasteiger partial charge in [0.15, 0.2) is 0 Å². The monoisotopic (exact) mass is 387 g/mol. The van der Waals surface area contributed by atoms with Gasteiger partial charge in [-0.3, -0.25) is 9.79 Å². The average molecular weight is 387 g/mol. The molecule has 1 unspecified atom stereocenters. The second-order valence-electron chi connectivity index (χ2n) is 8.27. The van der Waals surface area contributed by atoms with Crippen molar-refractivity contribution in [2.75, 3.05) is 18.0 Å². The fourth-order valence-electron chi connectivity index (χ4n) is 3.64. The second-order valence-corrected chi connectivity index (χ2v) is 8.27. The number of fused-ring (bicyclic) bond motifs is 1. The van der Waals surface area contributed by atoms with E-state index >= 15 is 0 Å². The Labute approximate surface area is 163 Å². The fourth-order valence-corrected chi connectivity index (χ4v) is 3.64. The van der Waals surface area contributed by atoms with Crippen LogP contribution >= 0.6 is 0 Å². The SMILES string of the molecule is CCn1c(N2CCC(N=CC(C)(C)C)C2)c(C(=O)O)c(=O)c2cc(F)ccc21. The summed E-state index contributed by atoms with van der Waals surface area (Å²) in [5.41, 5.74) is -0.447. The van der Waals surface area contributed by atoms with Crippen LogP contribution in [0.15, 0.2) is 28.0 Å². The molecule has 0 bridgehead atoms. The molecule has 1 N–H and O–H groups in total. The minimum absolute atomic E-state index is 0.0296. The average Bonchev–Trinajstić information content (AvgIpc) is 3.08. The van der Waals surface area contributed by atoms with Crippen LogP contribution in [0, 0.1) is 11.2 Å². The maximum atomic E-state index is 13.7. The summed E-state index contributed by atoms with van der Waals surface area (Å²) in [7, 11) is 0. The van der Waals surface area contributed by atoms with Crippen molar-refractivity contribution in [3.63, 3.8) is 0 Å². The summed E-state index contributed by atoms with van der Waals surface area (Å²) in [4.78, 5) is 31.4. The number of carbonyl (C=O) groups is 1. The van der Waals surface area contributed by atoms with Crippen LogP contribution in [-0.4, -0.2) is 41.0 Å². The van der Waals surface area contributed by atoms with Crippen molar-refractivity contribution in [2.45, 2.75) is 46.7 Å². The highest BCUT2D eigenvalue weighted by atomic mass is 19.1. The first kappa shape index (κ1) is 20.0. The van der Waals surface area contributed by atoms with Crippen molar-refractivity contribution in [3.05, 3.63) is 39.8 Å². The molecule has 0 aliphatic carbocycles. The van der Waals surface area contributed by atoms with Crippen LogP contribution in [0.1, 0.15) is 44.5 Å². The lowest BCUT2D eigenvalue weighted by Gasteiger charge is -2.26. The van der Waals surface area contributed by atoms with Gasteiger partial charge in [0.1, 0.15) is 17.2 Å². The van der Waals surface area contributed by atoms with Gasteiger partial charge >= 0.3 is 5.97 Å². The van der Waals surface area contributed by atoms with Crippen LogP contribution in [0.4, 0.5) is 10.2 Å². The molecule has 1 aromatic heterocycles. The quantitative estimate of drug-likeness (QED) is 0.814. The van der Waals surface area contributed by atoms with E-state index in [2.05, 4.69) is 25.8 Å². The van der Waals surface area contributed by atoms with Crippen molar-refractivity contribution < 1.29 is 14.3 Å². The van der Waals surface area contributed by atoms with Gasteiger partial charge < -0.3 is 14.6 Å². The van der Waals surface area contributed by atoms with Gasteiger partial charge in [-0.1, -0.05) is 20.8 Å². The number of aromatic nitrogens is 1.